The number of rotatable bonds is 3. The van der Waals surface area contributed by atoms with Crippen LogP contribution < -0.4 is 11.3 Å². The number of halogens is 3. The second-order valence-electron chi connectivity index (χ2n) is 4.70. The van der Waals surface area contributed by atoms with E-state index in [0.29, 0.717) is 10.6 Å². The van der Waals surface area contributed by atoms with Gasteiger partial charge in [0, 0.05) is 10.6 Å². The van der Waals surface area contributed by atoms with Crippen molar-refractivity contribution < 1.29 is 8.78 Å². The third-order valence-corrected chi connectivity index (χ3v) is 3.57. The Labute approximate surface area is 121 Å². The van der Waals surface area contributed by atoms with E-state index in [4.69, 9.17) is 17.4 Å². The predicted octanol–water partition coefficient (Wildman–Crippen LogP) is 3.79. The number of hydrogen-bond donors (Lipinski definition) is 2. The molecule has 2 nitrogen and oxygen atoms in total. The summed E-state index contributed by atoms with van der Waals surface area (Å²) >= 11 is 5.97. The van der Waals surface area contributed by atoms with Crippen molar-refractivity contribution in [1.29, 1.82) is 0 Å². The van der Waals surface area contributed by atoms with E-state index in [1.54, 1.807) is 12.1 Å². The fourth-order valence-corrected chi connectivity index (χ4v) is 2.33. The Morgan fingerprint density at radius 1 is 1.00 bits per heavy atom. The molecule has 1 atom stereocenters. The van der Waals surface area contributed by atoms with Gasteiger partial charge in [0.1, 0.15) is 0 Å². The minimum Gasteiger partial charge on any atom is -0.271 e. The third-order valence-electron chi connectivity index (χ3n) is 3.34. The van der Waals surface area contributed by atoms with Crippen molar-refractivity contribution in [3.63, 3.8) is 0 Å². The zero-order chi connectivity index (χ0) is 14.9. The first-order valence-electron chi connectivity index (χ1n) is 6.12. The Morgan fingerprint density at radius 2 is 1.65 bits per heavy atom. The maximum atomic E-state index is 14.1. The van der Waals surface area contributed by atoms with Crippen molar-refractivity contribution in [2.24, 2.45) is 5.84 Å². The van der Waals surface area contributed by atoms with Crippen LogP contribution >= 0.6 is 11.6 Å². The molecule has 20 heavy (non-hydrogen) atoms. The van der Waals surface area contributed by atoms with Gasteiger partial charge in [-0.15, -0.1) is 0 Å². The molecule has 2 rings (SSSR count). The van der Waals surface area contributed by atoms with E-state index in [9.17, 15) is 8.78 Å². The summed E-state index contributed by atoms with van der Waals surface area (Å²) in [6.45, 7) is 3.37. The minimum atomic E-state index is -0.896. The SMILES string of the molecule is Cc1ccc(Cl)cc1C(NN)c1ccc(C)c(F)c1F. The molecule has 106 valence electrons. The van der Waals surface area contributed by atoms with Gasteiger partial charge in [-0.1, -0.05) is 29.8 Å². The lowest BCUT2D eigenvalue weighted by atomic mass is 9.94. The number of benzene rings is 2. The van der Waals surface area contributed by atoms with Crippen LogP contribution in [0.2, 0.25) is 5.02 Å². The fraction of sp³-hybridized carbons (Fsp3) is 0.200. The zero-order valence-corrected chi connectivity index (χ0v) is 11.9. The molecule has 0 aliphatic rings. The Morgan fingerprint density at radius 3 is 2.30 bits per heavy atom. The number of hydrazine groups is 1. The molecule has 2 aromatic carbocycles. The monoisotopic (exact) mass is 296 g/mol. The normalized spacial score (nSPS) is 12.5. The van der Waals surface area contributed by atoms with E-state index in [2.05, 4.69) is 5.43 Å². The molecule has 0 amide bonds. The van der Waals surface area contributed by atoms with E-state index < -0.39 is 17.7 Å². The summed E-state index contributed by atoms with van der Waals surface area (Å²) in [5, 5.41) is 0.513. The summed E-state index contributed by atoms with van der Waals surface area (Å²) in [6, 6.07) is 7.63. The number of nitrogens with one attached hydrogen (secondary N) is 1. The first kappa shape index (κ1) is 14.9. The van der Waals surface area contributed by atoms with E-state index >= 15 is 0 Å². The molecular formula is C15H15ClF2N2. The highest BCUT2D eigenvalue weighted by Crippen LogP contribution is 2.30. The molecule has 0 bridgehead atoms. The van der Waals surface area contributed by atoms with Gasteiger partial charge in [-0.2, -0.15) is 0 Å². The number of nitrogens with two attached hydrogens (primary N) is 1. The maximum absolute atomic E-state index is 14.1. The molecule has 0 aliphatic heterocycles. The van der Waals surface area contributed by atoms with E-state index in [1.807, 2.05) is 13.0 Å². The van der Waals surface area contributed by atoms with Gasteiger partial charge in [0.2, 0.25) is 0 Å². The minimum absolute atomic E-state index is 0.154. The van der Waals surface area contributed by atoms with E-state index in [-0.39, 0.29) is 11.1 Å². The van der Waals surface area contributed by atoms with Crippen LogP contribution in [0.25, 0.3) is 0 Å². The molecule has 0 saturated heterocycles. The van der Waals surface area contributed by atoms with Crippen LogP contribution in [0.15, 0.2) is 30.3 Å². The second kappa shape index (κ2) is 5.87. The van der Waals surface area contributed by atoms with Crippen LogP contribution in [0.4, 0.5) is 8.78 Å². The van der Waals surface area contributed by atoms with Crippen molar-refractivity contribution in [3.05, 3.63) is 69.2 Å². The van der Waals surface area contributed by atoms with Crippen molar-refractivity contribution in [1.82, 2.24) is 5.43 Å². The Bertz CT molecular complexity index is 644. The van der Waals surface area contributed by atoms with Crippen molar-refractivity contribution in [2.75, 3.05) is 0 Å². The van der Waals surface area contributed by atoms with E-state index in [0.717, 1.165) is 5.56 Å². The standard InChI is InChI=1S/C15H15ClF2N2/c1-8-3-5-10(16)7-12(8)15(20-19)11-6-4-9(2)13(17)14(11)18/h3-7,15,20H,19H2,1-2H3. The number of hydrogen-bond acceptors (Lipinski definition) is 2. The van der Waals surface area contributed by atoms with Gasteiger partial charge in [-0.25, -0.2) is 14.2 Å². The molecule has 2 aromatic rings. The highest BCUT2D eigenvalue weighted by Gasteiger charge is 2.21. The Kier molecular flexibility index (Phi) is 4.38. The summed E-state index contributed by atoms with van der Waals surface area (Å²) in [4.78, 5) is 0. The van der Waals surface area contributed by atoms with Gasteiger partial charge in [0.05, 0.1) is 6.04 Å². The third kappa shape index (κ3) is 2.68. The topological polar surface area (TPSA) is 38.0 Å². The van der Waals surface area contributed by atoms with Gasteiger partial charge >= 0.3 is 0 Å². The van der Waals surface area contributed by atoms with Gasteiger partial charge < -0.3 is 0 Å². The molecule has 5 heteroatoms. The van der Waals surface area contributed by atoms with Crippen LogP contribution in [-0.2, 0) is 0 Å². The lowest BCUT2D eigenvalue weighted by Crippen LogP contribution is -2.30. The highest BCUT2D eigenvalue weighted by atomic mass is 35.5. The summed E-state index contributed by atoms with van der Waals surface area (Å²) in [5.74, 6) is 3.78. The Balaban J connectivity index is 2.58. The maximum Gasteiger partial charge on any atom is 0.164 e. The van der Waals surface area contributed by atoms with Gasteiger partial charge in [0.15, 0.2) is 11.6 Å². The smallest absolute Gasteiger partial charge is 0.164 e. The summed E-state index contributed by atoms with van der Waals surface area (Å²) in [5.41, 5.74) is 4.53. The fourth-order valence-electron chi connectivity index (χ4n) is 2.15. The average molecular weight is 297 g/mol. The van der Waals surface area contributed by atoms with E-state index in [1.165, 1.54) is 19.1 Å². The van der Waals surface area contributed by atoms with Gasteiger partial charge in [-0.05, 0) is 42.7 Å². The zero-order valence-electron chi connectivity index (χ0n) is 11.2. The van der Waals surface area contributed by atoms with Crippen molar-refractivity contribution >= 4 is 11.6 Å². The molecule has 0 aromatic heterocycles. The quantitative estimate of drug-likeness (QED) is 0.668. The molecule has 0 radical (unpaired) electrons. The van der Waals surface area contributed by atoms with Crippen LogP contribution in [0, 0.1) is 25.5 Å². The molecule has 0 fully saturated rings. The van der Waals surface area contributed by atoms with Gasteiger partial charge in [-0.3, -0.25) is 5.84 Å². The molecular weight excluding hydrogens is 282 g/mol. The predicted molar refractivity (Wildman–Crippen MR) is 76.5 cm³/mol. The largest absolute Gasteiger partial charge is 0.271 e. The van der Waals surface area contributed by atoms with Crippen LogP contribution in [0.1, 0.15) is 28.3 Å². The first-order chi connectivity index (χ1) is 9.45. The molecule has 0 aliphatic carbocycles. The van der Waals surface area contributed by atoms with Crippen LogP contribution in [-0.4, -0.2) is 0 Å². The molecule has 1 unspecified atom stereocenters. The van der Waals surface area contributed by atoms with Crippen LogP contribution in [0.3, 0.4) is 0 Å². The van der Waals surface area contributed by atoms with Crippen molar-refractivity contribution in [3.8, 4) is 0 Å². The Hall–Kier alpha value is -1.49. The molecule has 0 saturated carbocycles. The molecule has 0 spiro atoms. The average Bonchev–Trinajstić information content (AvgIpc) is 2.43. The molecule has 3 N–H and O–H groups in total. The summed E-state index contributed by atoms with van der Waals surface area (Å²) < 4.78 is 27.8. The van der Waals surface area contributed by atoms with Crippen LogP contribution in [0.5, 0.6) is 0 Å². The number of aryl methyl sites for hydroxylation is 2. The lowest BCUT2D eigenvalue weighted by molar-refractivity contribution is 0.478. The van der Waals surface area contributed by atoms with Crippen molar-refractivity contribution in [2.45, 2.75) is 19.9 Å². The summed E-state index contributed by atoms with van der Waals surface area (Å²) in [6.07, 6.45) is 0. The lowest BCUT2D eigenvalue weighted by Gasteiger charge is -2.20. The first-order valence-corrected chi connectivity index (χ1v) is 6.50. The summed E-state index contributed by atoms with van der Waals surface area (Å²) in [7, 11) is 0. The second-order valence-corrected chi connectivity index (χ2v) is 5.14. The van der Waals surface area contributed by atoms with Gasteiger partial charge in [0.25, 0.3) is 0 Å². The molecule has 0 heterocycles. The highest BCUT2D eigenvalue weighted by molar-refractivity contribution is 6.30.